The van der Waals surface area contributed by atoms with Gasteiger partial charge < -0.3 is 27.0 Å². The molecule has 0 unspecified atom stereocenters. The van der Waals surface area contributed by atoms with Gasteiger partial charge in [0.25, 0.3) is 0 Å². The number of phenolic OH excluding ortho intramolecular Hbond substituents is 2. The molecule has 0 bridgehead atoms. The van der Waals surface area contributed by atoms with E-state index in [1.807, 2.05) is 0 Å². The number of phenols is 2. The molecule has 2 aromatic rings. The number of anilines is 4. The van der Waals surface area contributed by atoms with Crippen LogP contribution in [0.3, 0.4) is 0 Å². The lowest BCUT2D eigenvalue weighted by molar-refractivity contribution is 0.477. The minimum absolute atomic E-state index is 0.0424. The Hall–Kier alpha value is -2.56. The number of hydrogen-bond acceptors (Lipinski definition) is 5. The molecule has 0 aliphatic carbocycles. The maximum atomic E-state index is 9.28. The summed E-state index contributed by atoms with van der Waals surface area (Å²) in [7, 11) is 0. The van der Waals surface area contributed by atoms with Crippen molar-refractivity contribution in [3.63, 3.8) is 0 Å². The number of nitrogens with one attached hydrogen (secondary N) is 1. The molecule has 0 aliphatic heterocycles. The van der Waals surface area contributed by atoms with E-state index < -0.39 is 0 Å². The highest BCUT2D eigenvalue weighted by Crippen LogP contribution is 2.28. The second-order valence-electron chi connectivity index (χ2n) is 3.67. The predicted molar refractivity (Wildman–Crippen MR) is 68.3 cm³/mol. The maximum Gasteiger partial charge on any atom is 0.138 e. The van der Waals surface area contributed by atoms with Crippen LogP contribution in [0.4, 0.5) is 22.7 Å². The standard InChI is InChI=1S/C12H13N3O2/c13-9-5-7(1-3-11(9)16)15-8-2-4-12(17)10(14)6-8/h1-6,15-17H,13-14H2. The van der Waals surface area contributed by atoms with Crippen LogP contribution in [0.15, 0.2) is 36.4 Å². The Morgan fingerprint density at radius 2 is 1.18 bits per heavy atom. The Labute approximate surface area is 98.3 Å². The second-order valence-corrected chi connectivity index (χ2v) is 3.67. The van der Waals surface area contributed by atoms with Crippen LogP contribution in [-0.4, -0.2) is 10.2 Å². The second kappa shape index (κ2) is 4.13. The number of aromatic hydroxyl groups is 2. The lowest BCUT2D eigenvalue weighted by Crippen LogP contribution is -1.94. The summed E-state index contributed by atoms with van der Waals surface area (Å²) in [5.74, 6) is 0.0848. The van der Waals surface area contributed by atoms with Crippen molar-refractivity contribution in [3.05, 3.63) is 36.4 Å². The van der Waals surface area contributed by atoms with Gasteiger partial charge in [0.1, 0.15) is 11.5 Å². The molecule has 0 atom stereocenters. The molecule has 0 aromatic heterocycles. The summed E-state index contributed by atoms with van der Waals surface area (Å²) in [6.07, 6.45) is 0. The summed E-state index contributed by atoms with van der Waals surface area (Å²) in [6, 6.07) is 9.60. The van der Waals surface area contributed by atoms with Gasteiger partial charge in [0.15, 0.2) is 0 Å². The highest BCUT2D eigenvalue weighted by Gasteiger charge is 2.01. The monoisotopic (exact) mass is 231 g/mol. The lowest BCUT2D eigenvalue weighted by atomic mass is 10.2. The van der Waals surface area contributed by atoms with E-state index in [4.69, 9.17) is 11.5 Å². The summed E-state index contributed by atoms with van der Waals surface area (Å²) < 4.78 is 0. The Morgan fingerprint density at radius 1 is 0.765 bits per heavy atom. The molecular formula is C12H13N3O2. The average molecular weight is 231 g/mol. The van der Waals surface area contributed by atoms with Crippen LogP contribution in [0.1, 0.15) is 0 Å². The van der Waals surface area contributed by atoms with Crippen molar-refractivity contribution in [2.75, 3.05) is 16.8 Å². The zero-order chi connectivity index (χ0) is 12.4. The minimum Gasteiger partial charge on any atom is -0.506 e. The van der Waals surface area contributed by atoms with Crippen LogP contribution in [0.2, 0.25) is 0 Å². The van der Waals surface area contributed by atoms with Crippen molar-refractivity contribution in [1.29, 1.82) is 0 Å². The molecule has 7 N–H and O–H groups in total. The van der Waals surface area contributed by atoms with E-state index in [1.165, 1.54) is 12.1 Å². The average Bonchev–Trinajstić information content (AvgIpc) is 2.29. The van der Waals surface area contributed by atoms with Crippen LogP contribution in [-0.2, 0) is 0 Å². The van der Waals surface area contributed by atoms with Crippen LogP contribution < -0.4 is 16.8 Å². The molecule has 2 aromatic carbocycles. The molecule has 88 valence electrons. The molecule has 0 radical (unpaired) electrons. The summed E-state index contributed by atoms with van der Waals surface area (Å²) in [5, 5.41) is 21.6. The molecule has 0 fully saturated rings. The fraction of sp³-hybridized carbons (Fsp3) is 0. The maximum absolute atomic E-state index is 9.28. The third-order valence-electron chi connectivity index (χ3n) is 2.34. The van der Waals surface area contributed by atoms with E-state index >= 15 is 0 Å². The van der Waals surface area contributed by atoms with E-state index in [-0.39, 0.29) is 11.5 Å². The molecule has 0 heterocycles. The van der Waals surface area contributed by atoms with Gasteiger partial charge in [0.2, 0.25) is 0 Å². The molecule has 5 heteroatoms. The fourth-order valence-electron chi connectivity index (χ4n) is 1.43. The number of benzene rings is 2. The Bertz CT molecular complexity index is 506. The summed E-state index contributed by atoms with van der Waals surface area (Å²) in [5.41, 5.74) is 13.2. The highest BCUT2D eigenvalue weighted by atomic mass is 16.3. The first-order valence-corrected chi connectivity index (χ1v) is 5.00. The van der Waals surface area contributed by atoms with E-state index in [2.05, 4.69) is 5.32 Å². The molecular weight excluding hydrogens is 218 g/mol. The van der Waals surface area contributed by atoms with Crippen molar-refractivity contribution in [3.8, 4) is 11.5 Å². The molecule has 17 heavy (non-hydrogen) atoms. The molecule has 5 nitrogen and oxygen atoms in total. The topological polar surface area (TPSA) is 105 Å². The Balaban J connectivity index is 2.25. The van der Waals surface area contributed by atoms with Crippen molar-refractivity contribution in [2.24, 2.45) is 0 Å². The van der Waals surface area contributed by atoms with Gasteiger partial charge in [0.05, 0.1) is 11.4 Å². The van der Waals surface area contributed by atoms with Crippen LogP contribution in [0, 0.1) is 0 Å². The highest BCUT2D eigenvalue weighted by molar-refractivity contribution is 5.70. The zero-order valence-corrected chi connectivity index (χ0v) is 9.01. The fourth-order valence-corrected chi connectivity index (χ4v) is 1.43. The number of nitrogens with two attached hydrogens (primary N) is 2. The summed E-state index contributed by atoms with van der Waals surface area (Å²) in [6.45, 7) is 0. The molecule has 0 spiro atoms. The van der Waals surface area contributed by atoms with E-state index in [0.29, 0.717) is 11.4 Å². The molecule has 0 amide bonds. The van der Waals surface area contributed by atoms with Crippen molar-refractivity contribution >= 4 is 22.7 Å². The summed E-state index contributed by atoms with van der Waals surface area (Å²) >= 11 is 0. The third kappa shape index (κ3) is 2.34. The first-order valence-electron chi connectivity index (χ1n) is 5.00. The van der Waals surface area contributed by atoms with Gasteiger partial charge in [-0.15, -0.1) is 0 Å². The largest absolute Gasteiger partial charge is 0.506 e. The first-order chi connectivity index (χ1) is 8.06. The Morgan fingerprint density at radius 3 is 1.53 bits per heavy atom. The van der Waals surface area contributed by atoms with Gasteiger partial charge in [0, 0.05) is 11.4 Å². The van der Waals surface area contributed by atoms with E-state index in [0.717, 1.165) is 11.4 Å². The van der Waals surface area contributed by atoms with Crippen molar-refractivity contribution in [2.45, 2.75) is 0 Å². The molecule has 0 aliphatic rings. The van der Waals surface area contributed by atoms with Crippen molar-refractivity contribution < 1.29 is 10.2 Å². The van der Waals surface area contributed by atoms with Gasteiger partial charge in [-0.05, 0) is 36.4 Å². The third-order valence-corrected chi connectivity index (χ3v) is 2.34. The zero-order valence-electron chi connectivity index (χ0n) is 9.01. The number of hydrogen-bond donors (Lipinski definition) is 5. The lowest BCUT2D eigenvalue weighted by Gasteiger charge is -2.09. The smallest absolute Gasteiger partial charge is 0.138 e. The number of nitrogen functional groups attached to an aromatic ring is 2. The quantitative estimate of drug-likeness (QED) is 0.309. The normalized spacial score (nSPS) is 10.1. The molecule has 2 rings (SSSR count). The molecule has 0 saturated carbocycles. The van der Waals surface area contributed by atoms with Crippen LogP contribution in [0.5, 0.6) is 11.5 Å². The van der Waals surface area contributed by atoms with E-state index in [9.17, 15) is 10.2 Å². The SMILES string of the molecule is Nc1cc(Nc2ccc(O)c(N)c2)ccc1O. The van der Waals surface area contributed by atoms with Crippen LogP contribution in [0.25, 0.3) is 0 Å². The van der Waals surface area contributed by atoms with Gasteiger partial charge >= 0.3 is 0 Å². The van der Waals surface area contributed by atoms with Crippen molar-refractivity contribution in [1.82, 2.24) is 0 Å². The molecule has 0 saturated heterocycles. The summed E-state index contributed by atoms with van der Waals surface area (Å²) in [4.78, 5) is 0. The van der Waals surface area contributed by atoms with Gasteiger partial charge in [-0.2, -0.15) is 0 Å². The van der Waals surface area contributed by atoms with Gasteiger partial charge in [-0.1, -0.05) is 0 Å². The minimum atomic E-state index is 0.0424. The van der Waals surface area contributed by atoms with E-state index in [1.54, 1.807) is 24.3 Å². The van der Waals surface area contributed by atoms with Gasteiger partial charge in [-0.3, -0.25) is 0 Å². The first kappa shape index (κ1) is 10.9. The predicted octanol–water partition coefficient (Wildman–Crippen LogP) is 2.01. The Kier molecular flexibility index (Phi) is 2.66. The van der Waals surface area contributed by atoms with Gasteiger partial charge in [-0.25, -0.2) is 0 Å². The van der Waals surface area contributed by atoms with Crippen LogP contribution >= 0.6 is 0 Å². The number of rotatable bonds is 2.